The second kappa shape index (κ2) is 15.6. The van der Waals surface area contributed by atoms with Crippen molar-refractivity contribution in [2.75, 3.05) is 21.8 Å². The van der Waals surface area contributed by atoms with Crippen molar-refractivity contribution in [2.45, 2.75) is 13.2 Å². The molecule has 6 heterocycles. The predicted octanol–water partition coefficient (Wildman–Crippen LogP) is 16.7. The number of hydrogen-bond donors (Lipinski definition) is 2. The van der Waals surface area contributed by atoms with E-state index in [2.05, 4.69) is 32.9 Å². The highest BCUT2D eigenvalue weighted by Gasteiger charge is 2.39. The molecular formula is C63H39N3O9. The molecule has 0 saturated carbocycles. The highest BCUT2D eigenvalue weighted by atomic mass is 16.5. The summed E-state index contributed by atoms with van der Waals surface area (Å²) in [5.41, 5.74) is 13.2. The Kier molecular flexibility index (Phi) is 8.65. The third-order valence-corrected chi connectivity index (χ3v) is 14.8. The molecule has 0 amide bonds. The summed E-state index contributed by atoms with van der Waals surface area (Å²) in [7, 11) is 1.67. The van der Waals surface area contributed by atoms with Crippen molar-refractivity contribution in [3.63, 3.8) is 0 Å². The summed E-state index contributed by atoms with van der Waals surface area (Å²) < 4.78 is 45.9. The molecule has 360 valence electrons. The number of nitrogens with zero attached hydrogens (tertiary/aromatic N) is 3. The van der Waals surface area contributed by atoms with Crippen LogP contribution in [0.25, 0.3) is 33.4 Å². The SMILES string of the molecule is COc1cc2c(cc1-c1cc(-c3cc4c(cc3CO)N3c5ccccc5Oc5cccc(c53)O4)cc(-c3cc4c(cc3CO)N3c5ccccc5Oc5cccc(c53)O4)c1)Oc1cccc3c1N2c1ccccc1O3. The maximum Gasteiger partial charge on any atom is 0.155 e. The van der Waals surface area contributed by atoms with Crippen molar-refractivity contribution < 1.29 is 43.4 Å². The van der Waals surface area contributed by atoms with Crippen molar-refractivity contribution in [1.29, 1.82) is 0 Å². The minimum absolute atomic E-state index is 0.280. The van der Waals surface area contributed by atoms with Crippen LogP contribution in [0, 0.1) is 0 Å². The smallest absolute Gasteiger partial charge is 0.155 e. The van der Waals surface area contributed by atoms with Crippen molar-refractivity contribution >= 4 is 51.2 Å². The fourth-order valence-corrected chi connectivity index (χ4v) is 11.5. The lowest BCUT2D eigenvalue weighted by atomic mass is 9.88. The fraction of sp³-hybridized carbons (Fsp3) is 0.0476. The summed E-state index contributed by atoms with van der Waals surface area (Å²) in [4.78, 5) is 6.46. The lowest BCUT2D eigenvalue weighted by Crippen LogP contribution is -2.20. The maximum atomic E-state index is 11.4. The summed E-state index contributed by atoms with van der Waals surface area (Å²) in [6.45, 7) is -0.559. The van der Waals surface area contributed by atoms with Gasteiger partial charge in [-0.2, -0.15) is 0 Å². The molecule has 0 aromatic heterocycles. The maximum absolute atomic E-state index is 11.4. The minimum atomic E-state index is -0.280. The largest absolute Gasteiger partial charge is 0.496 e. The van der Waals surface area contributed by atoms with Gasteiger partial charge in [0, 0.05) is 11.6 Å². The number of aliphatic hydroxyl groups excluding tert-OH is 2. The molecule has 0 unspecified atom stereocenters. The molecule has 75 heavy (non-hydrogen) atoms. The van der Waals surface area contributed by atoms with Gasteiger partial charge >= 0.3 is 0 Å². The number of ether oxygens (including phenoxy) is 7. The van der Waals surface area contributed by atoms with Crippen LogP contribution in [0.4, 0.5) is 51.2 Å². The number of methoxy groups -OCH3 is 1. The molecule has 0 bridgehead atoms. The third-order valence-electron chi connectivity index (χ3n) is 14.8. The zero-order valence-corrected chi connectivity index (χ0v) is 39.8. The van der Waals surface area contributed by atoms with Gasteiger partial charge in [-0.3, -0.25) is 14.7 Å². The van der Waals surface area contributed by atoms with Gasteiger partial charge in [-0.25, -0.2) is 0 Å². The van der Waals surface area contributed by atoms with E-state index in [-0.39, 0.29) is 13.2 Å². The Hall–Kier alpha value is -9.88. The quantitative estimate of drug-likeness (QED) is 0.165. The van der Waals surface area contributed by atoms with Crippen molar-refractivity contribution in [1.82, 2.24) is 0 Å². The third kappa shape index (κ3) is 6.00. The molecule has 12 nitrogen and oxygen atoms in total. The molecule has 0 atom stereocenters. The first-order valence-electron chi connectivity index (χ1n) is 24.6. The topological polar surface area (TPSA) is 115 Å². The summed E-state index contributed by atoms with van der Waals surface area (Å²) in [6.07, 6.45) is 0. The second-order valence-electron chi connectivity index (χ2n) is 18.9. The minimum Gasteiger partial charge on any atom is -0.496 e. The van der Waals surface area contributed by atoms with E-state index in [1.165, 1.54) is 0 Å². The number of rotatable bonds is 6. The Labute approximate surface area is 429 Å². The summed E-state index contributed by atoms with van der Waals surface area (Å²) in [6, 6.07) is 59.5. The molecule has 16 rings (SSSR count). The van der Waals surface area contributed by atoms with Crippen LogP contribution in [-0.2, 0) is 13.2 Å². The first-order chi connectivity index (χ1) is 37.0. The van der Waals surface area contributed by atoms with Crippen LogP contribution in [0.15, 0.2) is 182 Å². The van der Waals surface area contributed by atoms with Crippen LogP contribution in [0.1, 0.15) is 11.1 Å². The predicted molar refractivity (Wildman–Crippen MR) is 286 cm³/mol. The van der Waals surface area contributed by atoms with E-state index in [1.54, 1.807) is 7.11 Å². The Balaban J connectivity index is 0.912. The Morgan fingerprint density at radius 1 is 0.320 bits per heavy atom. The molecule has 10 aromatic carbocycles. The van der Waals surface area contributed by atoms with E-state index in [0.29, 0.717) is 80.1 Å². The number of aliphatic hydroxyl groups is 2. The standard InChI is InChI=1S/C63H39N3O9/c1-69-57-31-47-60(75-56-22-10-19-53-63(56)66(47)44-13-4-7-16-50(44)72-53)30-41(57)36-24-34(39-28-58-45(26-37(39)32-67)64-42-11-2-5-14-48(42)70-51-17-8-20-54(73-58)61(51)64)23-35(25-36)40-29-59-46(27-38(40)33-68)65-43-12-3-6-15-49(43)71-52-18-9-21-55(74-59)62(52)65/h2-31,67-68H,32-33H2,1H3. The first kappa shape index (κ1) is 41.7. The Morgan fingerprint density at radius 2 is 0.627 bits per heavy atom. The number of hydrogen-bond acceptors (Lipinski definition) is 12. The molecule has 0 spiro atoms. The van der Waals surface area contributed by atoms with Gasteiger partial charge in [0.1, 0.15) is 22.8 Å². The first-order valence-corrected chi connectivity index (χ1v) is 24.6. The molecule has 0 radical (unpaired) electrons. The van der Waals surface area contributed by atoms with Gasteiger partial charge in [0.25, 0.3) is 0 Å². The zero-order chi connectivity index (χ0) is 49.6. The van der Waals surface area contributed by atoms with E-state index < -0.39 is 0 Å². The van der Waals surface area contributed by atoms with E-state index in [1.807, 2.05) is 164 Å². The Bertz CT molecular complexity index is 3720. The fourth-order valence-electron chi connectivity index (χ4n) is 11.5. The highest BCUT2D eigenvalue weighted by Crippen LogP contribution is 2.64. The van der Waals surface area contributed by atoms with Crippen LogP contribution in [0.3, 0.4) is 0 Å². The van der Waals surface area contributed by atoms with E-state index in [4.69, 9.17) is 33.2 Å². The van der Waals surface area contributed by atoms with Crippen LogP contribution in [-0.4, -0.2) is 17.3 Å². The molecule has 6 aliphatic heterocycles. The van der Waals surface area contributed by atoms with Crippen LogP contribution < -0.4 is 47.9 Å². The number of anilines is 9. The second-order valence-corrected chi connectivity index (χ2v) is 18.9. The lowest BCUT2D eigenvalue weighted by Gasteiger charge is -2.38. The van der Waals surface area contributed by atoms with Gasteiger partial charge in [0.05, 0.1) is 54.4 Å². The van der Waals surface area contributed by atoms with Crippen molar-refractivity contribution in [3.05, 3.63) is 193 Å². The molecule has 0 aliphatic carbocycles. The van der Waals surface area contributed by atoms with Crippen molar-refractivity contribution in [2.24, 2.45) is 0 Å². The molecule has 2 N–H and O–H groups in total. The van der Waals surface area contributed by atoms with Crippen LogP contribution in [0.5, 0.6) is 74.7 Å². The summed E-state index contributed by atoms with van der Waals surface area (Å²) >= 11 is 0. The van der Waals surface area contributed by atoms with E-state index in [9.17, 15) is 10.2 Å². The Morgan fingerprint density at radius 3 is 0.987 bits per heavy atom. The molecule has 12 heteroatoms. The molecular weight excluding hydrogens is 943 g/mol. The van der Waals surface area contributed by atoms with Gasteiger partial charge < -0.3 is 43.4 Å². The van der Waals surface area contributed by atoms with Gasteiger partial charge in [-0.05, 0) is 160 Å². The molecule has 0 saturated heterocycles. The summed E-state index contributed by atoms with van der Waals surface area (Å²) in [5.74, 6) is 8.50. The normalized spacial score (nSPS) is 13.7. The van der Waals surface area contributed by atoms with Crippen LogP contribution >= 0.6 is 0 Å². The average Bonchev–Trinajstić information content (AvgIpc) is 3.47. The van der Waals surface area contributed by atoms with Crippen molar-refractivity contribution in [3.8, 4) is 108 Å². The number of para-hydroxylation sites is 9. The zero-order valence-electron chi connectivity index (χ0n) is 39.8. The highest BCUT2D eigenvalue weighted by molar-refractivity contribution is 5.99. The monoisotopic (exact) mass is 981 g/mol. The van der Waals surface area contributed by atoms with Gasteiger partial charge in [-0.1, -0.05) is 54.6 Å². The van der Waals surface area contributed by atoms with Crippen LogP contribution in [0.2, 0.25) is 0 Å². The van der Waals surface area contributed by atoms with E-state index in [0.717, 1.165) is 90.3 Å². The number of fused-ring (bicyclic) bond motifs is 12. The lowest BCUT2D eigenvalue weighted by molar-refractivity contribution is 0.282. The van der Waals surface area contributed by atoms with Gasteiger partial charge in [0.2, 0.25) is 0 Å². The summed E-state index contributed by atoms with van der Waals surface area (Å²) in [5, 5.41) is 22.9. The number of benzene rings is 10. The molecule has 10 aromatic rings. The van der Waals surface area contributed by atoms with Gasteiger partial charge in [0.15, 0.2) is 69.0 Å². The van der Waals surface area contributed by atoms with Gasteiger partial charge in [-0.15, -0.1) is 0 Å². The molecule has 0 fully saturated rings. The van der Waals surface area contributed by atoms with E-state index >= 15 is 0 Å². The average molecular weight is 982 g/mol. The molecule has 6 aliphatic rings.